The summed E-state index contributed by atoms with van der Waals surface area (Å²) in [5, 5.41) is 3.71. The maximum atomic E-state index is 12.9. The van der Waals surface area contributed by atoms with Crippen LogP contribution in [-0.4, -0.2) is 21.2 Å². The smallest absolute Gasteiger partial charge is 0.267 e. The first-order chi connectivity index (χ1) is 13.2. The number of benzene rings is 2. The molecule has 6 heteroatoms. The zero-order chi connectivity index (χ0) is 18.6. The minimum atomic E-state index is -0.385. The van der Waals surface area contributed by atoms with E-state index >= 15 is 0 Å². The number of rotatable bonds is 5. The second-order valence-corrected chi connectivity index (χ2v) is 7.45. The standard InChI is InChI=1S/C21H19N3O2S/c25-19(17-14-22-21-24(20(17)26)11-12-27-21)23-18(16-9-5-2-6-10-16)13-15-7-3-1-4-8-15/h1-10,14,18H,11-13H2,(H,23,25)/t18-/m0/s1. The van der Waals surface area contributed by atoms with Gasteiger partial charge in [-0.3, -0.25) is 14.2 Å². The third kappa shape index (κ3) is 3.80. The molecule has 0 saturated heterocycles. The molecule has 0 spiro atoms. The monoisotopic (exact) mass is 377 g/mol. The normalized spacial score (nSPS) is 13.8. The number of aromatic nitrogens is 2. The van der Waals surface area contributed by atoms with Gasteiger partial charge in [0.15, 0.2) is 5.16 Å². The summed E-state index contributed by atoms with van der Waals surface area (Å²) >= 11 is 1.54. The number of hydrogen-bond acceptors (Lipinski definition) is 4. The Labute approximate surface area is 161 Å². The molecule has 0 aliphatic carbocycles. The van der Waals surface area contributed by atoms with Gasteiger partial charge in [0, 0.05) is 18.5 Å². The molecule has 1 aliphatic heterocycles. The van der Waals surface area contributed by atoms with Crippen molar-refractivity contribution in [2.45, 2.75) is 24.2 Å². The molecule has 2 heterocycles. The Kier molecular flexibility index (Phi) is 5.07. The highest BCUT2D eigenvalue weighted by Gasteiger charge is 2.22. The molecule has 0 unspecified atom stereocenters. The molecule has 3 aromatic rings. The third-order valence-corrected chi connectivity index (χ3v) is 5.56. The van der Waals surface area contributed by atoms with E-state index in [1.807, 2.05) is 60.7 Å². The van der Waals surface area contributed by atoms with Crippen LogP contribution in [0.25, 0.3) is 0 Å². The van der Waals surface area contributed by atoms with Crippen molar-refractivity contribution in [1.82, 2.24) is 14.9 Å². The Bertz CT molecular complexity index is 1000. The number of thioether (sulfide) groups is 1. The highest BCUT2D eigenvalue weighted by atomic mass is 32.2. The molecule has 1 aromatic heterocycles. The Balaban J connectivity index is 1.62. The molecule has 0 radical (unpaired) electrons. The first-order valence-corrected chi connectivity index (χ1v) is 9.83. The van der Waals surface area contributed by atoms with Crippen molar-refractivity contribution in [3.63, 3.8) is 0 Å². The van der Waals surface area contributed by atoms with Crippen LogP contribution in [-0.2, 0) is 13.0 Å². The number of nitrogens with zero attached hydrogens (tertiary/aromatic N) is 2. The van der Waals surface area contributed by atoms with E-state index < -0.39 is 0 Å². The van der Waals surface area contributed by atoms with Crippen molar-refractivity contribution in [1.29, 1.82) is 0 Å². The van der Waals surface area contributed by atoms with Gasteiger partial charge in [-0.05, 0) is 17.5 Å². The van der Waals surface area contributed by atoms with Crippen LogP contribution < -0.4 is 10.9 Å². The van der Waals surface area contributed by atoms with Crippen LogP contribution in [0.4, 0.5) is 0 Å². The van der Waals surface area contributed by atoms with Crippen LogP contribution in [0.3, 0.4) is 0 Å². The van der Waals surface area contributed by atoms with Gasteiger partial charge < -0.3 is 5.32 Å². The van der Waals surface area contributed by atoms with Crippen molar-refractivity contribution in [3.05, 3.63) is 93.9 Å². The van der Waals surface area contributed by atoms with E-state index in [1.165, 1.54) is 18.0 Å². The summed E-state index contributed by atoms with van der Waals surface area (Å²) in [6.45, 7) is 0.596. The maximum absolute atomic E-state index is 12.9. The van der Waals surface area contributed by atoms with Gasteiger partial charge in [0.2, 0.25) is 0 Å². The predicted molar refractivity (Wildman–Crippen MR) is 106 cm³/mol. The van der Waals surface area contributed by atoms with Gasteiger partial charge in [-0.1, -0.05) is 72.4 Å². The fourth-order valence-corrected chi connectivity index (χ4v) is 4.11. The number of carbonyl (C=O) groups excluding carboxylic acids is 1. The van der Waals surface area contributed by atoms with E-state index in [0.717, 1.165) is 16.9 Å². The van der Waals surface area contributed by atoms with Crippen LogP contribution in [0.1, 0.15) is 27.5 Å². The number of nitrogens with one attached hydrogen (secondary N) is 1. The topological polar surface area (TPSA) is 64.0 Å². The molecule has 5 nitrogen and oxygen atoms in total. The SMILES string of the molecule is O=C(N[C@@H](Cc1ccccc1)c1ccccc1)c1cnc2n(c1=O)CCS2. The summed E-state index contributed by atoms with van der Waals surface area (Å²) in [6.07, 6.45) is 2.04. The maximum Gasteiger partial charge on any atom is 0.267 e. The second-order valence-electron chi connectivity index (χ2n) is 6.39. The molecule has 1 N–H and O–H groups in total. The lowest BCUT2D eigenvalue weighted by Crippen LogP contribution is -2.36. The van der Waals surface area contributed by atoms with E-state index in [2.05, 4.69) is 10.3 Å². The van der Waals surface area contributed by atoms with Gasteiger partial charge in [-0.2, -0.15) is 0 Å². The van der Waals surface area contributed by atoms with Crippen LogP contribution in [0, 0.1) is 0 Å². The van der Waals surface area contributed by atoms with Gasteiger partial charge in [0.25, 0.3) is 11.5 Å². The fraction of sp³-hybridized carbons (Fsp3) is 0.190. The molecule has 1 atom stereocenters. The Hall–Kier alpha value is -2.86. The predicted octanol–water partition coefficient (Wildman–Crippen LogP) is 3.06. The summed E-state index contributed by atoms with van der Waals surface area (Å²) in [5.41, 5.74) is 1.94. The summed E-state index contributed by atoms with van der Waals surface area (Å²) in [4.78, 5) is 29.8. The first-order valence-electron chi connectivity index (χ1n) is 8.85. The van der Waals surface area contributed by atoms with Gasteiger partial charge >= 0.3 is 0 Å². The second kappa shape index (κ2) is 7.80. The summed E-state index contributed by atoms with van der Waals surface area (Å²) in [6, 6.07) is 19.6. The molecule has 4 rings (SSSR count). The highest BCUT2D eigenvalue weighted by Crippen LogP contribution is 2.21. The average Bonchev–Trinajstić information content (AvgIpc) is 3.19. The fourth-order valence-electron chi connectivity index (χ4n) is 3.20. The van der Waals surface area contributed by atoms with Crippen LogP contribution in [0.15, 0.2) is 76.8 Å². The minimum Gasteiger partial charge on any atom is -0.345 e. The van der Waals surface area contributed by atoms with Gasteiger partial charge in [0.1, 0.15) is 5.56 Å². The molecule has 1 aliphatic rings. The summed E-state index contributed by atoms with van der Waals surface area (Å²) in [5.74, 6) is 0.429. The lowest BCUT2D eigenvalue weighted by atomic mass is 9.98. The Morgan fingerprint density at radius 3 is 2.56 bits per heavy atom. The van der Waals surface area contributed by atoms with Gasteiger partial charge in [0.05, 0.1) is 6.04 Å². The van der Waals surface area contributed by atoms with Crippen molar-refractivity contribution >= 4 is 17.7 Å². The number of carbonyl (C=O) groups is 1. The van der Waals surface area contributed by atoms with Crippen LogP contribution >= 0.6 is 11.8 Å². The average molecular weight is 377 g/mol. The summed E-state index contributed by atoms with van der Waals surface area (Å²) < 4.78 is 1.58. The number of hydrogen-bond donors (Lipinski definition) is 1. The molecule has 136 valence electrons. The molecule has 27 heavy (non-hydrogen) atoms. The Morgan fingerprint density at radius 1 is 1.11 bits per heavy atom. The van der Waals surface area contributed by atoms with Crippen molar-refractivity contribution in [2.75, 3.05) is 5.75 Å². The third-order valence-electron chi connectivity index (χ3n) is 4.59. The zero-order valence-electron chi connectivity index (χ0n) is 14.7. The molecule has 2 aromatic carbocycles. The quantitative estimate of drug-likeness (QED) is 0.694. The lowest BCUT2D eigenvalue weighted by Gasteiger charge is -2.19. The molecule has 0 saturated carbocycles. The molecule has 0 bridgehead atoms. The van der Waals surface area contributed by atoms with Crippen LogP contribution in [0.2, 0.25) is 0 Å². The van der Waals surface area contributed by atoms with Crippen molar-refractivity contribution in [3.8, 4) is 0 Å². The van der Waals surface area contributed by atoms with E-state index in [4.69, 9.17) is 0 Å². The molecular formula is C21H19N3O2S. The van der Waals surface area contributed by atoms with E-state index in [-0.39, 0.29) is 23.1 Å². The van der Waals surface area contributed by atoms with Crippen molar-refractivity contribution in [2.24, 2.45) is 0 Å². The minimum absolute atomic E-state index is 0.0928. The highest BCUT2D eigenvalue weighted by molar-refractivity contribution is 7.99. The Morgan fingerprint density at radius 2 is 1.81 bits per heavy atom. The number of amides is 1. The zero-order valence-corrected chi connectivity index (χ0v) is 15.5. The van der Waals surface area contributed by atoms with Crippen LogP contribution in [0.5, 0.6) is 0 Å². The number of fused-ring (bicyclic) bond motifs is 1. The van der Waals surface area contributed by atoms with Gasteiger partial charge in [-0.15, -0.1) is 0 Å². The van der Waals surface area contributed by atoms with E-state index in [1.54, 1.807) is 4.57 Å². The molecule has 1 amide bonds. The summed E-state index contributed by atoms with van der Waals surface area (Å²) in [7, 11) is 0. The lowest BCUT2D eigenvalue weighted by molar-refractivity contribution is 0.0933. The van der Waals surface area contributed by atoms with E-state index in [0.29, 0.717) is 18.1 Å². The van der Waals surface area contributed by atoms with Crippen molar-refractivity contribution < 1.29 is 4.79 Å². The largest absolute Gasteiger partial charge is 0.345 e. The molecule has 0 fully saturated rings. The first kappa shape index (κ1) is 17.5. The van der Waals surface area contributed by atoms with E-state index in [9.17, 15) is 9.59 Å². The van der Waals surface area contributed by atoms with Gasteiger partial charge in [-0.25, -0.2) is 4.98 Å². The molecular weight excluding hydrogens is 358 g/mol.